The largest absolute Gasteiger partial charge is 0.481 e. The Bertz CT molecular complexity index is 811. The smallest absolute Gasteiger partial charge is 0.433 e. The average molecular weight is 347 g/mol. The molecule has 0 spiro atoms. The number of rotatable bonds is 7. The maximum Gasteiger partial charge on any atom is 0.433 e. The monoisotopic (exact) mass is 347 g/mol. The Morgan fingerprint density at radius 3 is 2.12 bits per heavy atom. The zero-order chi connectivity index (χ0) is 18.4. The normalized spacial score (nSPS) is 10.1. The molecule has 0 aliphatic rings. The van der Waals surface area contributed by atoms with Crippen molar-refractivity contribution in [3.8, 4) is 0 Å². The summed E-state index contributed by atoms with van der Waals surface area (Å²) in [6, 6.07) is 8.29. The van der Waals surface area contributed by atoms with Gasteiger partial charge in [0.2, 0.25) is 5.91 Å². The van der Waals surface area contributed by atoms with E-state index in [2.05, 4.69) is 10.6 Å². The van der Waals surface area contributed by atoms with Crippen molar-refractivity contribution in [2.24, 2.45) is 0 Å². The number of nitro groups is 1. The minimum Gasteiger partial charge on any atom is -0.481 e. The van der Waals surface area contributed by atoms with Gasteiger partial charge in [-0.2, -0.15) is 0 Å². The van der Waals surface area contributed by atoms with Crippen molar-refractivity contribution in [3.05, 3.63) is 52.3 Å². The molecule has 10 nitrogen and oxygen atoms in total. The van der Waals surface area contributed by atoms with E-state index in [1.165, 1.54) is 30.3 Å². The lowest BCUT2D eigenvalue weighted by molar-refractivity contribution is -0.402. The summed E-state index contributed by atoms with van der Waals surface area (Å²) in [5.41, 5.74) is 0.814. The molecule has 0 fully saturated rings. The van der Waals surface area contributed by atoms with Gasteiger partial charge in [0, 0.05) is 17.8 Å². The van der Waals surface area contributed by atoms with Crippen LogP contribution in [0.3, 0.4) is 0 Å². The summed E-state index contributed by atoms with van der Waals surface area (Å²) in [7, 11) is 0. The Morgan fingerprint density at radius 1 is 1.00 bits per heavy atom. The molecule has 1 heterocycles. The van der Waals surface area contributed by atoms with E-state index in [9.17, 15) is 24.5 Å². The summed E-state index contributed by atoms with van der Waals surface area (Å²) in [4.78, 5) is 43.6. The predicted molar refractivity (Wildman–Crippen MR) is 85.3 cm³/mol. The molecular weight excluding hydrogens is 334 g/mol. The number of furan rings is 1. The van der Waals surface area contributed by atoms with E-state index in [1.54, 1.807) is 0 Å². The number of aliphatic carboxylic acids is 1. The second kappa shape index (κ2) is 7.73. The standard InChI is InChI=1S/C15H13N3O7/c19-12(6-8-14(20)21)16-9-1-3-10(4-2-9)17-15(22)11-5-7-13(25-11)18(23)24/h1-5,7H,6,8H2,(H,16,19)(H,17,22)(H,20,21). The van der Waals surface area contributed by atoms with Gasteiger partial charge in [0.1, 0.15) is 4.92 Å². The third-order valence-corrected chi connectivity index (χ3v) is 2.99. The minimum atomic E-state index is -1.06. The van der Waals surface area contributed by atoms with Gasteiger partial charge in [-0.15, -0.1) is 0 Å². The van der Waals surface area contributed by atoms with E-state index >= 15 is 0 Å². The number of nitrogens with one attached hydrogen (secondary N) is 2. The number of anilines is 2. The first-order chi connectivity index (χ1) is 11.8. The topological polar surface area (TPSA) is 152 Å². The zero-order valence-electron chi connectivity index (χ0n) is 12.7. The van der Waals surface area contributed by atoms with Crippen LogP contribution in [0.1, 0.15) is 23.4 Å². The predicted octanol–water partition coefficient (Wildman–Crippen LogP) is 2.24. The van der Waals surface area contributed by atoms with E-state index in [1.807, 2.05) is 0 Å². The van der Waals surface area contributed by atoms with Crippen molar-refractivity contribution in [2.75, 3.05) is 10.6 Å². The maximum atomic E-state index is 11.9. The van der Waals surface area contributed by atoms with Crippen molar-refractivity contribution in [1.82, 2.24) is 0 Å². The van der Waals surface area contributed by atoms with Crippen molar-refractivity contribution in [2.45, 2.75) is 12.8 Å². The molecule has 0 bridgehead atoms. The molecule has 130 valence electrons. The summed E-state index contributed by atoms with van der Waals surface area (Å²) in [6.07, 6.45) is -0.416. The van der Waals surface area contributed by atoms with Gasteiger partial charge in [-0.05, 0) is 30.3 Å². The van der Waals surface area contributed by atoms with Gasteiger partial charge in [-0.1, -0.05) is 0 Å². The Labute approximate surface area is 140 Å². The summed E-state index contributed by atoms with van der Waals surface area (Å²) >= 11 is 0. The minimum absolute atomic E-state index is 0.148. The Balaban J connectivity index is 1.93. The van der Waals surface area contributed by atoms with Crippen LogP contribution in [0.4, 0.5) is 17.3 Å². The molecule has 1 aromatic carbocycles. The highest BCUT2D eigenvalue weighted by atomic mass is 16.6. The summed E-state index contributed by atoms with van der Waals surface area (Å²) in [5.74, 6) is -2.91. The molecule has 0 radical (unpaired) electrons. The summed E-state index contributed by atoms with van der Waals surface area (Å²) in [5, 5.41) is 24.0. The van der Waals surface area contributed by atoms with Crippen molar-refractivity contribution >= 4 is 35.0 Å². The van der Waals surface area contributed by atoms with Gasteiger partial charge in [-0.25, -0.2) is 0 Å². The third-order valence-electron chi connectivity index (χ3n) is 2.99. The number of benzene rings is 1. The van der Waals surface area contributed by atoms with Crippen LogP contribution < -0.4 is 10.6 Å². The molecule has 0 saturated heterocycles. The average Bonchev–Trinajstić information content (AvgIpc) is 3.05. The first kappa shape index (κ1) is 17.7. The number of hydrogen-bond donors (Lipinski definition) is 3. The second-order valence-corrected chi connectivity index (χ2v) is 4.87. The quantitative estimate of drug-likeness (QED) is 0.513. The SMILES string of the molecule is O=C(O)CCC(=O)Nc1ccc(NC(=O)c2ccc([N+](=O)[O-])o2)cc1. The number of hydrogen-bond acceptors (Lipinski definition) is 6. The van der Waals surface area contributed by atoms with E-state index in [-0.39, 0.29) is 18.6 Å². The molecule has 0 saturated carbocycles. The molecule has 0 aliphatic carbocycles. The molecular formula is C15H13N3O7. The molecule has 10 heteroatoms. The summed E-state index contributed by atoms with van der Waals surface area (Å²) in [6.45, 7) is 0. The van der Waals surface area contributed by atoms with Crippen molar-refractivity contribution in [3.63, 3.8) is 0 Å². The van der Waals surface area contributed by atoms with Crippen LogP contribution in [0.2, 0.25) is 0 Å². The maximum absolute atomic E-state index is 11.9. The van der Waals surface area contributed by atoms with Gasteiger partial charge < -0.3 is 20.2 Å². The van der Waals surface area contributed by atoms with Gasteiger partial charge in [0.15, 0.2) is 5.76 Å². The molecule has 1 aromatic heterocycles. The Hall–Kier alpha value is -3.69. The van der Waals surface area contributed by atoms with E-state index < -0.39 is 28.6 Å². The van der Waals surface area contributed by atoms with Crippen LogP contribution in [-0.2, 0) is 9.59 Å². The van der Waals surface area contributed by atoms with Gasteiger partial charge in [0.25, 0.3) is 5.91 Å². The summed E-state index contributed by atoms with van der Waals surface area (Å²) < 4.78 is 4.79. The van der Waals surface area contributed by atoms with E-state index in [0.29, 0.717) is 11.4 Å². The molecule has 2 aromatic rings. The lowest BCUT2D eigenvalue weighted by atomic mass is 10.2. The molecule has 2 rings (SSSR count). The van der Waals surface area contributed by atoms with Crippen molar-refractivity contribution < 1.29 is 28.8 Å². The molecule has 25 heavy (non-hydrogen) atoms. The number of carbonyl (C=O) groups excluding carboxylic acids is 2. The Kier molecular flexibility index (Phi) is 5.46. The van der Waals surface area contributed by atoms with Crippen LogP contribution in [0.15, 0.2) is 40.8 Å². The number of amides is 2. The highest BCUT2D eigenvalue weighted by Crippen LogP contribution is 2.18. The second-order valence-electron chi connectivity index (χ2n) is 4.87. The zero-order valence-corrected chi connectivity index (χ0v) is 12.7. The van der Waals surface area contributed by atoms with Crippen LogP contribution in [0.25, 0.3) is 0 Å². The lowest BCUT2D eigenvalue weighted by Crippen LogP contribution is -2.13. The first-order valence-electron chi connectivity index (χ1n) is 7.02. The molecule has 3 N–H and O–H groups in total. The van der Waals surface area contributed by atoms with Gasteiger partial charge >= 0.3 is 11.9 Å². The fourth-order valence-corrected chi connectivity index (χ4v) is 1.82. The fourth-order valence-electron chi connectivity index (χ4n) is 1.82. The van der Waals surface area contributed by atoms with Crippen LogP contribution in [-0.4, -0.2) is 27.8 Å². The fraction of sp³-hybridized carbons (Fsp3) is 0.133. The molecule has 0 aliphatic heterocycles. The van der Waals surface area contributed by atoms with Crippen molar-refractivity contribution in [1.29, 1.82) is 0 Å². The first-order valence-corrected chi connectivity index (χ1v) is 7.02. The number of carbonyl (C=O) groups is 3. The van der Waals surface area contributed by atoms with E-state index in [0.717, 1.165) is 6.07 Å². The van der Waals surface area contributed by atoms with E-state index in [4.69, 9.17) is 9.52 Å². The lowest BCUT2D eigenvalue weighted by Gasteiger charge is -2.06. The van der Waals surface area contributed by atoms with Crippen LogP contribution in [0.5, 0.6) is 0 Å². The Morgan fingerprint density at radius 2 is 1.60 bits per heavy atom. The third kappa shape index (κ3) is 5.16. The molecule has 0 atom stereocenters. The number of nitrogens with zero attached hydrogens (tertiary/aromatic N) is 1. The van der Waals surface area contributed by atoms with Gasteiger partial charge in [-0.3, -0.25) is 24.5 Å². The van der Waals surface area contributed by atoms with Gasteiger partial charge in [0.05, 0.1) is 12.5 Å². The molecule has 0 unspecified atom stereocenters. The highest BCUT2D eigenvalue weighted by Gasteiger charge is 2.17. The van der Waals surface area contributed by atoms with Crippen LogP contribution in [0, 0.1) is 10.1 Å². The number of carboxylic acid groups (broad SMARTS) is 1. The highest BCUT2D eigenvalue weighted by molar-refractivity contribution is 6.02. The van der Waals surface area contributed by atoms with Crippen LogP contribution >= 0.6 is 0 Å². The molecule has 2 amide bonds. The number of carboxylic acids is 1.